The number of rotatable bonds is 7. The SMILES string of the molecule is FC(F)Oc1ccc(/C=N\OCC(F)(F)F)cc1OC(F)F. The van der Waals surface area contributed by atoms with Gasteiger partial charge in [0, 0.05) is 5.56 Å². The molecule has 0 bridgehead atoms. The second kappa shape index (κ2) is 7.71. The number of hydrogen-bond donors (Lipinski definition) is 0. The van der Waals surface area contributed by atoms with Crippen molar-refractivity contribution in [1.82, 2.24) is 0 Å². The van der Waals surface area contributed by atoms with Crippen LogP contribution in [0.15, 0.2) is 23.4 Å². The highest BCUT2D eigenvalue weighted by atomic mass is 19.4. The van der Waals surface area contributed by atoms with Crippen LogP contribution in [0.4, 0.5) is 30.7 Å². The summed E-state index contributed by atoms with van der Waals surface area (Å²) in [5, 5.41) is 2.96. The molecule has 0 fully saturated rings. The Morgan fingerprint density at radius 2 is 1.59 bits per heavy atom. The summed E-state index contributed by atoms with van der Waals surface area (Å²) < 4.78 is 91.7. The second-order valence-corrected chi connectivity index (χ2v) is 3.59. The summed E-state index contributed by atoms with van der Waals surface area (Å²) in [6, 6.07) is 2.77. The van der Waals surface area contributed by atoms with Gasteiger partial charge in [0.1, 0.15) is 0 Å². The molecule has 0 aliphatic rings. The van der Waals surface area contributed by atoms with E-state index in [2.05, 4.69) is 19.5 Å². The zero-order valence-corrected chi connectivity index (χ0v) is 10.5. The number of ether oxygens (including phenoxy) is 2. The molecule has 0 heterocycles. The third-order valence-corrected chi connectivity index (χ3v) is 1.90. The Hall–Kier alpha value is -2.20. The third kappa shape index (κ3) is 6.99. The van der Waals surface area contributed by atoms with Crippen molar-refractivity contribution in [3.05, 3.63) is 23.8 Å². The molecule has 1 aromatic rings. The van der Waals surface area contributed by atoms with Crippen LogP contribution in [0, 0.1) is 0 Å². The van der Waals surface area contributed by atoms with Crippen LogP contribution in [-0.4, -0.2) is 32.2 Å². The molecule has 0 aliphatic heterocycles. The van der Waals surface area contributed by atoms with Crippen LogP contribution in [-0.2, 0) is 4.84 Å². The lowest BCUT2D eigenvalue weighted by molar-refractivity contribution is -0.173. The maximum atomic E-state index is 12.2. The summed E-state index contributed by atoms with van der Waals surface area (Å²) in [5.74, 6) is -1.39. The van der Waals surface area contributed by atoms with E-state index >= 15 is 0 Å². The first-order valence-corrected chi connectivity index (χ1v) is 5.43. The van der Waals surface area contributed by atoms with Crippen LogP contribution in [0.1, 0.15) is 5.56 Å². The molecule has 0 saturated heterocycles. The van der Waals surface area contributed by atoms with Gasteiger partial charge in [-0.05, 0) is 18.2 Å². The fourth-order valence-electron chi connectivity index (χ4n) is 1.19. The minimum Gasteiger partial charge on any atom is -0.431 e. The molecule has 0 N–H and O–H groups in total. The van der Waals surface area contributed by atoms with Gasteiger partial charge in [0.2, 0.25) is 6.61 Å². The number of oxime groups is 1. The molecule has 0 aliphatic carbocycles. The van der Waals surface area contributed by atoms with Crippen molar-refractivity contribution in [2.24, 2.45) is 5.16 Å². The molecule has 1 rings (SSSR count). The quantitative estimate of drug-likeness (QED) is 0.432. The van der Waals surface area contributed by atoms with Gasteiger partial charge in [-0.1, -0.05) is 5.16 Å². The maximum absolute atomic E-state index is 12.2. The smallest absolute Gasteiger partial charge is 0.425 e. The number of alkyl halides is 7. The first kappa shape index (κ1) is 17.9. The molecular formula is C11H8F7NO3. The first-order chi connectivity index (χ1) is 10.2. The zero-order chi connectivity index (χ0) is 16.8. The van der Waals surface area contributed by atoms with E-state index in [0.717, 1.165) is 24.4 Å². The van der Waals surface area contributed by atoms with E-state index in [1.165, 1.54) is 0 Å². The van der Waals surface area contributed by atoms with Crippen molar-refractivity contribution in [1.29, 1.82) is 0 Å². The Kier molecular flexibility index (Phi) is 6.25. The van der Waals surface area contributed by atoms with Crippen LogP contribution in [0.3, 0.4) is 0 Å². The average Bonchev–Trinajstić information content (AvgIpc) is 2.35. The molecule has 11 heteroatoms. The van der Waals surface area contributed by atoms with Gasteiger partial charge in [0.05, 0.1) is 6.21 Å². The monoisotopic (exact) mass is 335 g/mol. The Morgan fingerprint density at radius 3 is 2.14 bits per heavy atom. The molecule has 4 nitrogen and oxygen atoms in total. The van der Waals surface area contributed by atoms with Gasteiger partial charge in [-0.15, -0.1) is 0 Å². The predicted octanol–water partition coefficient (Wildman–Crippen LogP) is 3.80. The molecule has 0 aromatic heterocycles. The van der Waals surface area contributed by atoms with Gasteiger partial charge in [0.15, 0.2) is 11.5 Å². The van der Waals surface area contributed by atoms with E-state index < -0.39 is 37.5 Å². The van der Waals surface area contributed by atoms with Crippen LogP contribution in [0.25, 0.3) is 0 Å². The van der Waals surface area contributed by atoms with Gasteiger partial charge in [0.25, 0.3) is 0 Å². The van der Waals surface area contributed by atoms with E-state index in [9.17, 15) is 30.7 Å². The Morgan fingerprint density at radius 1 is 1.00 bits per heavy atom. The lowest BCUT2D eigenvalue weighted by atomic mass is 10.2. The number of hydrogen-bond acceptors (Lipinski definition) is 4. The van der Waals surface area contributed by atoms with Gasteiger partial charge in [-0.2, -0.15) is 30.7 Å². The first-order valence-electron chi connectivity index (χ1n) is 5.43. The van der Waals surface area contributed by atoms with Gasteiger partial charge in [-0.3, -0.25) is 0 Å². The predicted molar refractivity (Wildman–Crippen MR) is 59.3 cm³/mol. The van der Waals surface area contributed by atoms with Crippen molar-refractivity contribution >= 4 is 6.21 Å². The van der Waals surface area contributed by atoms with Crippen molar-refractivity contribution in [3.63, 3.8) is 0 Å². The molecule has 124 valence electrons. The molecule has 22 heavy (non-hydrogen) atoms. The topological polar surface area (TPSA) is 40.0 Å². The number of benzene rings is 1. The van der Waals surface area contributed by atoms with E-state index in [-0.39, 0.29) is 5.56 Å². The molecule has 0 radical (unpaired) electrons. The fourth-order valence-corrected chi connectivity index (χ4v) is 1.19. The minimum atomic E-state index is -4.59. The summed E-state index contributed by atoms with van der Waals surface area (Å²) in [7, 11) is 0. The van der Waals surface area contributed by atoms with Crippen LogP contribution < -0.4 is 9.47 Å². The van der Waals surface area contributed by atoms with E-state index in [1.807, 2.05) is 0 Å². The second-order valence-electron chi connectivity index (χ2n) is 3.59. The Balaban J connectivity index is 2.82. The highest BCUT2D eigenvalue weighted by molar-refractivity contribution is 5.80. The van der Waals surface area contributed by atoms with E-state index in [4.69, 9.17) is 0 Å². The summed E-state index contributed by atoms with van der Waals surface area (Å²) in [6.45, 7) is -8.22. The molecule has 0 atom stereocenters. The third-order valence-electron chi connectivity index (χ3n) is 1.90. The summed E-state index contributed by atoms with van der Waals surface area (Å²) in [5.41, 5.74) is -0.0283. The van der Waals surface area contributed by atoms with Crippen molar-refractivity contribution in [3.8, 4) is 11.5 Å². The highest BCUT2D eigenvalue weighted by Gasteiger charge is 2.28. The number of nitrogens with zero attached hydrogens (tertiary/aromatic N) is 1. The summed E-state index contributed by atoms with van der Waals surface area (Å²) in [4.78, 5) is 3.92. The summed E-state index contributed by atoms with van der Waals surface area (Å²) in [6.07, 6.45) is -3.83. The van der Waals surface area contributed by atoms with Crippen LogP contribution in [0.2, 0.25) is 0 Å². The lowest BCUT2D eigenvalue weighted by Gasteiger charge is -2.11. The molecule has 1 aromatic carbocycles. The van der Waals surface area contributed by atoms with Crippen LogP contribution >= 0.6 is 0 Å². The van der Waals surface area contributed by atoms with E-state index in [0.29, 0.717) is 0 Å². The summed E-state index contributed by atoms with van der Waals surface area (Å²) >= 11 is 0. The average molecular weight is 335 g/mol. The Labute approximate surface area is 119 Å². The standard InChI is InChI=1S/C11H8F7NO3/c12-9(13)21-7-2-1-6(3-8(7)22-10(14)15)4-19-20-5-11(16,17)18/h1-4,9-10H,5H2/b19-4-. The van der Waals surface area contributed by atoms with E-state index in [1.54, 1.807) is 0 Å². The van der Waals surface area contributed by atoms with Crippen molar-refractivity contribution in [2.75, 3.05) is 6.61 Å². The molecule has 0 amide bonds. The van der Waals surface area contributed by atoms with Crippen molar-refractivity contribution in [2.45, 2.75) is 19.4 Å². The largest absolute Gasteiger partial charge is 0.431 e. The number of halogens is 7. The molecule has 0 spiro atoms. The maximum Gasteiger partial charge on any atom is 0.425 e. The molecule has 0 unspecified atom stereocenters. The highest BCUT2D eigenvalue weighted by Crippen LogP contribution is 2.30. The molecule has 0 saturated carbocycles. The normalized spacial score (nSPS) is 12.2. The Bertz CT molecular complexity index is 505. The molecular weight excluding hydrogens is 327 g/mol. The zero-order valence-electron chi connectivity index (χ0n) is 10.5. The van der Waals surface area contributed by atoms with Crippen molar-refractivity contribution < 1.29 is 45.0 Å². The van der Waals surface area contributed by atoms with Crippen LogP contribution in [0.5, 0.6) is 11.5 Å². The lowest BCUT2D eigenvalue weighted by Crippen LogP contribution is -2.14. The minimum absolute atomic E-state index is 0.0283. The van der Waals surface area contributed by atoms with Gasteiger partial charge in [-0.25, -0.2) is 0 Å². The fraction of sp³-hybridized carbons (Fsp3) is 0.364. The van der Waals surface area contributed by atoms with Gasteiger partial charge < -0.3 is 14.3 Å². The van der Waals surface area contributed by atoms with Gasteiger partial charge >= 0.3 is 19.4 Å².